The Bertz CT molecular complexity index is 303. The molecule has 18 heavy (non-hydrogen) atoms. The Morgan fingerprint density at radius 3 is 1.83 bits per heavy atom. The third-order valence-electron chi connectivity index (χ3n) is 1.91. The molecule has 0 atom stereocenters. The van der Waals surface area contributed by atoms with Gasteiger partial charge in [0.15, 0.2) is 0 Å². The summed E-state index contributed by atoms with van der Waals surface area (Å²) in [5, 5.41) is 16.9. The van der Waals surface area contributed by atoms with Crippen molar-refractivity contribution in [3.63, 3.8) is 0 Å². The van der Waals surface area contributed by atoms with Crippen LogP contribution in [0.1, 0.15) is 0 Å². The number of nitrogens with zero attached hydrogens (tertiary/aromatic N) is 1. The minimum Gasteiger partial charge on any atom is -0.477 e. The van der Waals surface area contributed by atoms with Gasteiger partial charge in [-0.2, -0.15) is 5.26 Å². The van der Waals surface area contributed by atoms with Crippen LogP contribution in [0.5, 0.6) is 0 Å². The molecule has 0 aromatic heterocycles. The molecule has 0 aromatic rings. The second-order valence-corrected chi connectivity index (χ2v) is 3.16. The molecule has 0 amide bonds. The van der Waals surface area contributed by atoms with Crippen LogP contribution < -0.4 is 0 Å². The van der Waals surface area contributed by atoms with Crippen LogP contribution >= 0.6 is 0 Å². The van der Waals surface area contributed by atoms with Gasteiger partial charge in [-0.1, -0.05) is 6.08 Å². The van der Waals surface area contributed by atoms with E-state index in [1.54, 1.807) is 31.8 Å². The van der Waals surface area contributed by atoms with Crippen LogP contribution in [0.2, 0.25) is 0 Å². The van der Waals surface area contributed by atoms with E-state index in [-0.39, 0.29) is 22.6 Å². The molecule has 0 bridgehead atoms. The van der Waals surface area contributed by atoms with Gasteiger partial charge in [0.25, 0.3) is 0 Å². The molecule has 4 heteroatoms. The summed E-state index contributed by atoms with van der Waals surface area (Å²) < 4.78 is 0. The average molecular weight is 281 g/mol. The molecular weight excluding hydrogens is 270 g/mol. The molecule has 2 aliphatic carbocycles. The molecule has 1 N–H and O–H groups in total. The molecule has 2 aliphatic rings. The third kappa shape index (κ3) is 6.83. The van der Waals surface area contributed by atoms with Crippen molar-refractivity contribution in [2.45, 2.75) is 0 Å². The topological polar surface area (TPSA) is 61.1 Å². The number of carbonyl (C=O) groups is 1. The maximum absolute atomic E-state index is 10.4. The summed E-state index contributed by atoms with van der Waals surface area (Å²) >= 11 is 0. The first-order valence-electron chi connectivity index (χ1n) is 4.97. The molecule has 2 rings (SSSR count). The molecule has 0 saturated heterocycles. The Kier molecular flexibility index (Phi) is 9.73. The van der Waals surface area contributed by atoms with E-state index in [0.717, 1.165) is 5.92 Å². The van der Waals surface area contributed by atoms with Crippen molar-refractivity contribution in [1.82, 2.24) is 0 Å². The molecule has 0 unspecified atom stereocenters. The van der Waals surface area contributed by atoms with Crippen molar-refractivity contribution >= 4 is 5.97 Å². The van der Waals surface area contributed by atoms with E-state index >= 15 is 0 Å². The largest absolute Gasteiger partial charge is 2.00 e. The van der Waals surface area contributed by atoms with Gasteiger partial charge in [0.05, 0.1) is 0 Å². The molecule has 0 aromatic carbocycles. The summed E-state index contributed by atoms with van der Waals surface area (Å²) in [6.07, 6.45) is 18.4. The Hall–Kier alpha value is -0.781. The molecule has 0 heterocycles. The van der Waals surface area contributed by atoms with Crippen LogP contribution in [0.15, 0.2) is 11.6 Å². The fourth-order valence-electron chi connectivity index (χ4n) is 1.11. The SMILES string of the molecule is N#C/C(=C\[C]1[CH][CH][CH][CH]1)C(=O)O.[CH]1[CH][CH][CH][CH]1.[Fe+2]. The second-order valence-electron chi connectivity index (χ2n) is 3.16. The number of rotatable bonds is 2. The van der Waals surface area contributed by atoms with E-state index in [1.807, 2.05) is 32.1 Å². The zero-order valence-electron chi connectivity index (χ0n) is 9.43. The van der Waals surface area contributed by atoms with Gasteiger partial charge in [-0.3, -0.25) is 0 Å². The zero-order valence-corrected chi connectivity index (χ0v) is 10.5. The van der Waals surface area contributed by atoms with Crippen molar-refractivity contribution in [2.24, 2.45) is 0 Å². The summed E-state index contributed by atoms with van der Waals surface area (Å²) in [4.78, 5) is 10.4. The Morgan fingerprint density at radius 1 is 1.06 bits per heavy atom. The smallest absolute Gasteiger partial charge is 0.477 e. The van der Waals surface area contributed by atoms with Gasteiger partial charge in [-0.25, -0.2) is 4.79 Å². The molecule has 10 radical (unpaired) electrons. The van der Waals surface area contributed by atoms with E-state index in [0.29, 0.717) is 0 Å². The monoisotopic (exact) mass is 281 g/mol. The first-order chi connectivity index (χ1) is 8.24. The molecule has 2 fully saturated rings. The standard InChI is InChI=1S/C9H6NO2.C5H5.Fe/c10-6-8(9(11)12)5-7-3-1-2-4-7;1-2-4-5-3-1;/h1-5H,(H,11,12);1-5H;/q;;+2/b8-5+;;. The maximum atomic E-state index is 10.4. The predicted octanol–water partition coefficient (Wildman–Crippen LogP) is 1.95. The van der Waals surface area contributed by atoms with Crippen molar-refractivity contribution < 1.29 is 27.0 Å². The van der Waals surface area contributed by atoms with E-state index in [1.165, 1.54) is 6.08 Å². The summed E-state index contributed by atoms with van der Waals surface area (Å²) in [7, 11) is 0. The molecule has 0 spiro atoms. The Morgan fingerprint density at radius 2 is 1.50 bits per heavy atom. The number of hydrogen-bond acceptors (Lipinski definition) is 2. The summed E-state index contributed by atoms with van der Waals surface area (Å²) in [6, 6.07) is 1.60. The molecule has 0 aliphatic heterocycles. The van der Waals surface area contributed by atoms with Gasteiger partial charge in [0.2, 0.25) is 0 Å². The van der Waals surface area contributed by atoms with Gasteiger partial charge >= 0.3 is 23.0 Å². The van der Waals surface area contributed by atoms with Crippen molar-refractivity contribution in [1.29, 1.82) is 5.26 Å². The summed E-state index contributed by atoms with van der Waals surface area (Å²) in [5.41, 5.74) is -0.249. The van der Waals surface area contributed by atoms with E-state index in [9.17, 15) is 4.79 Å². The molecule has 2 saturated carbocycles. The van der Waals surface area contributed by atoms with Crippen LogP contribution in [-0.4, -0.2) is 11.1 Å². The minimum atomic E-state index is -1.20. The Balaban J connectivity index is 0.000000405. The first-order valence-corrected chi connectivity index (χ1v) is 4.97. The van der Waals surface area contributed by atoms with Gasteiger partial charge in [-0.05, 0) is 57.8 Å². The van der Waals surface area contributed by atoms with Crippen LogP contribution in [0.3, 0.4) is 0 Å². The summed E-state index contributed by atoms with van der Waals surface area (Å²) in [6.45, 7) is 0. The number of aliphatic carboxylic acids is 1. The average Bonchev–Trinajstić information content (AvgIpc) is 3.01. The van der Waals surface area contributed by atoms with Crippen LogP contribution in [0.4, 0.5) is 0 Å². The van der Waals surface area contributed by atoms with Gasteiger partial charge in [-0.15, -0.1) is 0 Å². The number of hydrogen-bond donors (Lipinski definition) is 1. The van der Waals surface area contributed by atoms with Crippen molar-refractivity contribution in [2.75, 3.05) is 0 Å². The third-order valence-corrected chi connectivity index (χ3v) is 1.91. The number of carboxylic acid groups (broad SMARTS) is 1. The summed E-state index contributed by atoms with van der Waals surface area (Å²) in [5.74, 6) is -0.465. The van der Waals surface area contributed by atoms with Gasteiger partial charge < -0.3 is 5.11 Å². The number of nitriles is 1. The first kappa shape index (κ1) is 17.2. The van der Waals surface area contributed by atoms with Crippen LogP contribution in [0, 0.1) is 75.0 Å². The zero-order chi connectivity index (χ0) is 12.5. The fourth-order valence-corrected chi connectivity index (χ4v) is 1.11. The number of allylic oxidation sites excluding steroid dienone is 1. The van der Waals surface area contributed by atoms with Crippen molar-refractivity contribution in [3.8, 4) is 6.07 Å². The van der Waals surface area contributed by atoms with Crippen molar-refractivity contribution in [3.05, 3.63) is 75.4 Å². The predicted molar refractivity (Wildman–Crippen MR) is 63.3 cm³/mol. The van der Waals surface area contributed by atoms with Crippen LogP contribution in [-0.2, 0) is 21.9 Å². The van der Waals surface area contributed by atoms with E-state index in [2.05, 4.69) is 0 Å². The second kappa shape index (κ2) is 10.2. The van der Waals surface area contributed by atoms with Gasteiger partial charge in [0, 0.05) is 5.92 Å². The van der Waals surface area contributed by atoms with E-state index < -0.39 is 5.97 Å². The van der Waals surface area contributed by atoms with E-state index in [4.69, 9.17) is 10.4 Å². The molecular formula is C14H11FeNO2+2. The quantitative estimate of drug-likeness (QED) is 0.478. The normalized spacial score (nSPS) is 19.4. The Labute approximate surface area is 120 Å². The van der Waals surface area contributed by atoms with Gasteiger partial charge in [0.1, 0.15) is 11.6 Å². The molecule has 90 valence electrons. The molecule has 3 nitrogen and oxygen atoms in total. The number of carboxylic acids is 1. The van der Waals surface area contributed by atoms with Crippen LogP contribution in [0.25, 0.3) is 0 Å². The fraction of sp³-hybridized carbons (Fsp3) is 0. The minimum absolute atomic E-state index is 0. The maximum Gasteiger partial charge on any atom is 2.00 e.